The number of nitrogens with one attached hydrogen (secondary N) is 1. The highest BCUT2D eigenvalue weighted by molar-refractivity contribution is 5.69. The molecule has 108 valence electrons. The molecule has 2 aliphatic heterocycles. The Morgan fingerprint density at radius 3 is 3.05 bits per heavy atom. The van der Waals surface area contributed by atoms with Gasteiger partial charge in [-0.3, -0.25) is 4.90 Å². The zero-order chi connectivity index (χ0) is 14.2. The predicted octanol–water partition coefficient (Wildman–Crippen LogP) is 2.98. The fourth-order valence-corrected chi connectivity index (χ4v) is 3.41. The molecular formula is C16H17N3O2. The van der Waals surface area contributed by atoms with Crippen LogP contribution in [0.1, 0.15) is 41.8 Å². The molecule has 3 heterocycles. The van der Waals surface area contributed by atoms with Crippen LogP contribution in [-0.4, -0.2) is 27.5 Å². The van der Waals surface area contributed by atoms with Gasteiger partial charge in [0.05, 0.1) is 23.8 Å². The minimum atomic E-state index is -0.228. The fourth-order valence-electron chi connectivity index (χ4n) is 3.41. The van der Waals surface area contributed by atoms with Crippen molar-refractivity contribution in [1.82, 2.24) is 14.9 Å². The first-order valence-electron chi connectivity index (χ1n) is 7.33. The highest BCUT2D eigenvalue weighted by Gasteiger charge is 2.42. The quantitative estimate of drug-likeness (QED) is 0.921. The second-order valence-electron chi connectivity index (χ2n) is 5.68. The molecule has 1 saturated heterocycles. The van der Waals surface area contributed by atoms with Crippen LogP contribution >= 0.6 is 0 Å². The monoisotopic (exact) mass is 283 g/mol. The van der Waals surface area contributed by atoms with Crippen LogP contribution in [0.3, 0.4) is 0 Å². The minimum absolute atomic E-state index is 0.0933. The number of benzene rings is 1. The van der Waals surface area contributed by atoms with Crippen molar-refractivity contribution >= 4 is 6.09 Å². The minimum Gasteiger partial charge on any atom is -0.445 e. The van der Waals surface area contributed by atoms with E-state index < -0.39 is 0 Å². The molecule has 1 aliphatic carbocycles. The van der Waals surface area contributed by atoms with Gasteiger partial charge in [0, 0.05) is 12.5 Å². The number of aromatic nitrogens is 2. The van der Waals surface area contributed by atoms with Gasteiger partial charge in [0.25, 0.3) is 0 Å². The number of piperidine rings is 1. The van der Waals surface area contributed by atoms with E-state index in [4.69, 9.17) is 4.74 Å². The molecular weight excluding hydrogens is 266 g/mol. The van der Waals surface area contributed by atoms with E-state index in [1.165, 1.54) is 0 Å². The summed E-state index contributed by atoms with van der Waals surface area (Å²) in [6.45, 7) is 1.04. The smallest absolute Gasteiger partial charge is 0.410 e. The fraction of sp³-hybridized carbons (Fsp3) is 0.375. The molecule has 1 fully saturated rings. The lowest BCUT2D eigenvalue weighted by Gasteiger charge is -2.43. The number of ether oxygens (including phenoxy) is 1. The summed E-state index contributed by atoms with van der Waals surface area (Å²) < 4.78 is 5.46. The van der Waals surface area contributed by atoms with Crippen LogP contribution in [0.25, 0.3) is 0 Å². The average Bonchev–Trinajstić information content (AvgIpc) is 3.05. The van der Waals surface area contributed by atoms with Gasteiger partial charge in [-0.25, -0.2) is 9.78 Å². The SMILES string of the molecule is O=C(OCc1ccccc1)N1CC2CCC1c1[nH]cnc12. The number of amides is 1. The van der Waals surface area contributed by atoms with Crippen molar-refractivity contribution in [3.05, 3.63) is 53.6 Å². The molecule has 3 aliphatic rings. The molecule has 1 amide bonds. The molecule has 2 unspecified atom stereocenters. The summed E-state index contributed by atoms with van der Waals surface area (Å²) in [5.74, 6) is 0.348. The number of fused-ring (bicyclic) bond motifs is 2. The predicted molar refractivity (Wildman–Crippen MR) is 76.6 cm³/mol. The summed E-state index contributed by atoms with van der Waals surface area (Å²) in [6, 6.07) is 9.86. The second kappa shape index (κ2) is 4.91. The first kappa shape index (κ1) is 12.4. The third-order valence-electron chi connectivity index (χ3n) is 4.44. The van der Waals surface area contributed by atoms with Crippen molar-refractivity contribution in [2.45, 2.75) is 31.4 Å². The van der Waals surface area contributed by atoms with Gasteiger partial charge >= 0.3 is 6.09 Å². The Morgan fingerprint density at radius 1 is 1.33 bits per heavy atom. The first-order chi connectivity index (χ1) is 10.3. The Bertz CT molecular complexity index is 653. The second-order valence-corrected chi connectivity index (χ2v) is 5.68. The molecule has 2 bridgehead atoms. The number of carbonyl (C=O) groups is 1. The molecule has 5 rings (SSSR count). The number of aromatic amines is 1. The number of H-pyrrole nitrogens is 1. The van der Waals surface area contributed by atoms with Crippen LogP contribution < -0.4 is 0 Å². The molecule has 5 nitrogen and oxygen atoms in total. The van der Waals surface area contributed by atoms with E-state index in [9.17, 15) is 4.79 Å². The van der Waals surface area contributed by atoms with Crippen molar-refractivity contribution < 1.29 is 9.53 Å². The van der Waals surface area contributed by atoms with Gasteiger partial charge in [-0.1, -0.05) is 30.3 Å². The normalized spacial score (nSPS) is 23.0. The third kappa shape index (κ3) is 2.09. The topological polar surface area (TPSA) is 58.2 Å². The lowest BCUT2D eigenvalue weighted by Crippen LogP contribution is -2.46. The van der Waals surface area contributed by atoms with E-state index in [1.807, 2.05) is 35.2 Å². The van der Waals surface area contributed by atoms with E-state index in [0.717, 1.165) is 36.3 Å². The van der Waals surface area contributed by atoms with E-state index >= 15 is 0 Å². The molecule has 2 aromatic rings. The summed E-state index contributed by atoms with van der Waals surface area (Å²) >= 11 is 0. The van der Waals surface area contributed by atoms with Gasteiger partial charge in [0.15, 0.2) is 0 Å². The Balaban J connectivity index is 1.47. The maximum absolute atomic E-state index is 12.4. The highest BCUT2D eigenvalue weighted by atomic mass is 16.6. The van der Waals surface area contributed by atoms with Gasteiger partial charge in [0.2, 0.25) is 0 Å². The van der Waals surface area contributed by atoms with E-state index in [2.05, 4.69) is 9.97 Å². The van der Waals surface area contributed by atoms with Crippen molar-refractivity contribution in [3.8, 4) is 0 Å². The van der Waals surface area contributed by atoms with Crippen LogP contribution in [0.2, 0.25) is 0 Å². The molecule has 2 atom stereocenters. The molecule has 1 aromatic heterocycles. The number of hydrogen-bond donors (Lipinski definition) is 1. The highest BCUT2D eigenvalue weighted by Crippen LogP contribution is 2.45. The van der Waals surface area contributed by atoms with E-state index in [1.54, 1.807) is 6.33 Å². The summed E-state index contributed by atoms with van der Waals surface area (Å²) in [5.41, 5.74) is 3.24. The Kier molecular flexibility index (Phi) is 2.91. The molecule has 1 aromatic carbocycles. The van der Waals surface area contributed by atoms with Gasteiger partial charge in [0.1, 0.15) is 6.61 Å². The Labute approximate surface area is 122 Å². The number of rotatable bonds is 2. The van der Waals surface area contributed by atoms with Crippen LogP contribution in [-0.2, 0) is 11.3 Å². The van der Waals surface area contributed by atoms with Crippen LogP contribution in [0.15, 0.2) is 36.7 Å². The summed E-state index contributed by atoms with van der Waals surface area (Å²) in [5, 5.41) is 0. The lowest BCUT2D eigenvalue weighted by molar-refractivity contribution is 0.0542. The zero-order valence-electron chi connectivity index (χ0n) is 11.7. The van der Waals surface area contributed by atoms with Crippen molar-refractivity contribution in [3.63, 3.8) is 0 Å². The van der Waals surface area contributed by atoms with Crippen molar-refractivity contribution in [2.75, 3.05) is 6.54 Å². The van der Waals surface area contributed by atoms with Gasteiger partial charge in [-0.15, -0.1) is 0 Å². The van der Waals surface area contributed by atoms with Crippen molar-refractivity contribution in [1.29, 1.82) is 0 Å². The first-order valence-corrected chi connectivity index (χ1v) is 7.33. The van der Waals surface area contributed by atoms with Gasteiger partial charge < -0.3 is 9.72 Å². The van der Waals surface area contributed by atoms with Gasteiger partial charge in [-0.05, 0) is 18.4 Å². The van der Waals surface area contributed by atoms with E-state index in [-0.39, 0.29) is 12.1 Å². The van der Waals surface area contributed by atoms with Gasteiger partial charge in [-0.2, -0.15) is 0 Å². The summed E-state index contributed by atoms with van der Waals surface area (Å²) in [4.78, 5) is 21.8. The largest absolute Gasteiger partial charge is 0.445 e. The van der Waals surface area contributed by atoms with Crippen LogP contribution in [0.4, 0.5) is 4.79 Å². The maximum atomic E-state index is 12.4. The van der Waals surface area contributed by atoms with Crippen molar-refractivity contribution in [2.24, 2.45) is 0 Å². The lowest BCUT2D eigenvalue weighted by atomic mass is 9.81. The average molecular weight is 283 g/mol. The molecule has 1 N–H and O–H groups in total. The summed E-state index contributed by atoms with van der Waals surface area (Å²) in [7, 11) is 0. The number of hydrogen-bond acceptors (Lipinski definition) is 3. The van der Waals surface area contributed by atoms with Crippen LogP contribution in [0.5, 0.6) is 0 Å². The molecule has 0 spiro atoms. The standard InChI is InChI=1S/C16H17N3O2/c20-16(21-9-11-4-2-1-3-5-11)19-8-12-6-7-13(19)15-14(12)17-10-18-15/h1-5,10,12-13H,6-9H2,(H,17,18). The number of carbonyl (C=O) groups excluding carboxylic acids is 1. The zero-order valence-corrected chi connectivity index (χ0v) is 11.7. The van der Waals surface area contributed by atoms with E-state index in [0.29, 0.717) is 12.5 Å². The third-order valence-corrected chi connectivity index (χ3v) is 4.44. The Hall–Kier alpha value is -2.30. The van der Waals surface area contributed by atoms with Crippen LogP contribution in [0, 0.1) is 0 Å². The number of imidazole rings is 1. The Morgan fingerprint density at radius 2 is 2.19 bits per heavy atom. The molecule has 21 heavy (non-hydrogen) atoms. The molecule has 0 radical (unpaired) electrons. The molecule has 5 heteroatoms. The number of nitrogens with zero attached hydrogens (tertiary/aromatic N) is 2. The summed E-state index contributed by atoms with van der Waals surface area (Å²) in [6.07, 6.45) is 3.59. The molecule has 0 saturated carbocycles. The maximum Gasteiger partial charge on any atom is 0.410 e.